The molecule has 32 heavy (non-hydrogen) atoms. The molecule has 0 atom stereocenters. The van der Waals surface area contributed by atoms with Gasteiger partial charge < -0.3 is 14.3 Å². The van der Waals surface area contributed by atoms with E-state index in [1.165, 1.54) is 18.7 Å². The number of pyridine rings is 2. The van der Waals surface area contributed by atoms with Crippen molar-refractivity contribution in [3.63, 3.8) is 0 Å². The number of nitrogens with one attached hydrogen (secondary N) is 1. The number of imidazole rings is 1. The number of amides is 1. The Labute approximate surface area is 182 Å². The second-order valence-electron chi connectivity index (χ2n) is 7.69. The summed E-state index contributed by atoms with van der Waals surface area (Å²) in [4.78, 5) is 42.6. The fourth-order valence-corrected chi connectivity index (χ4v) is 3.61. The van der Waals surface area contributed by atoms with Gasteiger partial charge in [0.15, 0.2) is 5.78 Å². The Morgan fingerprint density at radius 1 is 1.00 bits per heavy atom. The van der Waals surface area contributed by atoms with Gasteiger partial charge >= 0.3 is 0 Å². The first-order valence-corrected chi connectivity index (χ1v) is 10.0. The average molecular weight is 425 g/mol. The molecule has 5 aromatic heterocycles. The van der Waals surface area contributed by atoms with Crippen LogP contribution in [0.15, 0.2) is 68.0 Å². The Hall–Kier alpha value is -4.40. The molecule has 1 N–H and O–H groups in total. The van der Waals surface area contributed by atoms with Crippen molar-refractivity contribution in [1.29, 1.82) is 0 Å². The number of fused-ring (bicyclic) bond motifs is 2. The third kappa shape index (κ3) is 3.39. The van der Waals surface area contributed by atoms with Crippen LogP contribution in [0.4, 0.5) is 5.69 Å². The minimum Gasteiger partial charge on any atom is -0.329 e. The van der Waals surface area contributed by atoms with Crippen LogP contribution in [0.25, 0.3) is 16.6 Å². The third-order valence-corrected chi connectivity index (χ3v) is 5.23. The summed E-state index contributed by atoms with van der Waals surface area (Å²) < 4.78 is 3.75. The van der Waals surface area contributed by atoms with Crippen LogP contribution < -0.4 is 5.32 Å². The molecule has 0 radical (unpaired) electrons. The monoisotopic (exact) mass is 425 g/mol. The molecule has 0 aromatic carbocycles. The predicted molar refractivity (Wildman–Crippen MR) is 119 cm³/mol. The molecule has 0 aliphatic rings. The lowest BCUT2D eigenvalue weighted by Crippen LogP contribution is -2.13. The second-order valence-corrected chi connectivity index (χ2v) is 7.69. The molecule has 0 fully saturated rings. The molecule has 0 unspecified atom stereocenters. The van der Waals surface area contributed by atoms with Gasteiger partial charge in [-0.25, -0.2) is 15.0 Å². The summed E-state index contributed by atoms with van der Waals surface area (Å²) in [5.74, 6) is -0.515. The highest BCUT2D eigenvalue weighted by Gasteiger charge is 2.20. The number of carbonyl (C=O) groups is 2. The average Bonchev–Trinajstić information content (AvgIpc) is 3.43. The summed E-state index contributed by atoms with van der Waals surface area (Å²) in [7, 11) is 0. The molecule has 0 saturated carbocycles. The van der Waals surface area contributed by atoms with Crippen LogP contribution in [0.5, 0.6) is 0 Å². The van der Waals surface area contributed by atoms with Gasteiger partial charge in [-0.3, -0.25) is 14.6 Å². The van der Waals surface area contributed by atoms with Crippen LogP contribution in [0.3, 0.4) is 0 Å². The number of rotatable bonds is 5. The molecule has 9 nitrogen and oxygen atoms in total. The molecule has 5 aromatic rings. The minimum absolute atomic E-state index is 0.130. The van der Waals surface area contributed by atoms with Crippen molar-refractivity contribution in [2.24, 2.45) is 0 Å². The maximum atomic E-state index is 13.3. The standard InChI is InChI=1S/C23H19N7O2/c1-14(2)30-11-20(19-10-25-12-27-22(19)30)21(31)16-5-17(8-24-7-16)28-23(32)15-3-4-29-13-26-9-18(29)6-15/h3-14H,1-2H3,(H,28,32). The molecule has 5 rings (SSSR count). The van der Waals surface area contributed by atoms with Crippen LogP contribution in [0.1, 0.15) is 46.2 Å². The van der Waals surface area contributed by atoms with E-state index in [9.17, 15) is 9.59 Å². The molecule has 0 aliphatic carbocycles. The number of hydrogen-bond acceptors (Lipinski definition) is 6. The van der Waals surface area contributed by atoms with E-state index in [4.69, 9.17) is 0 Å². The van der Waals surface area contributed by atoms with Gasteiger partial charge in [-0.1, -0.05) is 0 Å². The summed E-state index contributed by atoms with van der Waals surface area (Å²) in [6.45, 7) is 4.05. The van der Waals surface area contributed by atoms with Gasteiger partial charge in [0.1, 0.15) is 12.0 Å². The summed E-state index contributed by atoms with van der Waals surface area (Å²) in [6.07, 6.45) is 13.0. The smallest absolute Gasteiger partial charge is 0.255 e. The highest BCUT2D eigenvalue weighted by Crippen LogP contribution is 2.25. The summed E-state index contributed by atoms with van der Waals surface area (Å²) in [6, 6.07) is 5.19. The zero-order valence-corrected chi connectivity index (χ0v) is 17.4. The Kier molecular flexibility index (Phi) is 4.70. The first kappa shape index (κ1) is 19.6. The highest BCUT2D eigenvalue weighted by molar-refractivity contribution is 6.16. The molecule has 1 amide bonds. The Morgan fingerprint density at radius 3 is 2.72 bits per heavy atom. The van der Waals surface area contributed by atoms with Crippen molar-refractivity contribution in [2.75, 3.05) is 5.32 Å². The van der Waals surface area contributed by atoms with E-state index in [0.717, 1.165) is 5.52 Å². The van der Waals surface area contributed by atoms with E-state index in [1.54, 1.807) is 49.3 Å². The molecular weight excluding hydrogens is 406 g/mol. The van der Waals surface area contributed by atoms with E-state index >= 15 is 0 Å². The van der Waals surface area contributed by atoms with E-state index in [1.807, 2.05) is 22.8 Å². The molecule has 0 spiro atoms. The van der Waals surface area contributed by atoms with Crippen LogP contribution >= 0.6 is 0 Å². The van der Waals surface area contributed by atoms with Crippen molar-refractivity contribution in [3.8, 4) is 0 Å². The van der Waals surface area contributed by atoms with E-state index in [0.29, 0.717) is 33.4 Å². The molecule has 0 bridgehead atoms. The molecular formula is C23H19N7O2. The Morgan fingerprint density at radius 2 is 1.88 bits per heavy atom. The number of ketones is 1. The first-order chi connectivity index (χ1) is 15.5. The first-order valence-electron chi connectivity index (χ1n) is 10.0. The maximum Gasteiger partial charge on any atom is 0.255 e. The van der Waals surface area contributed by atoms with Gasteiger partial charge in [0.2, 0.25) is 0 Å². The lowest BCUT2D eigenvalue weighted by Gasteiger charge is -2.07. The van der Waals surface area contributed by atoms with Gasteiger partial charge in [0.05, 0.1) is 35.5 Å². The summed E-state index contributed by atoms with van der Waals surface area (Å²) in [5.41, 5.74) is 3.27. The predicted octanol–water partition coefficient (Wildman–Crippen LogP) is 3.54. The van der Waals surface area contributed by atoms with Gasteiger partial charge in [-0.15, -0.1) is 0 Å². The van der Waals surface area contributed by atoms with Gasteiger partial charge in [-0.2, -0.15) is 0 Å². The SMILES string of the molecule is CC(C)n1cc(C(=O)c2cncc(NC(=O)c3ccn4cncc4c3)c2)c2cncnc21. The minimum atomic E-state index is -0.301. The van der Waals surface area contributed by atoms with Crippen LogP contribution in [-0.4, -0.2) is 40.6 Å². The Balaban J connectivity index is 1.44. The molecule has 0 aliphatic heterocycles. The van der Waals surface area contributed by atoms with Crippen molar-refractivity contribution < 1.29 is 9.59 Å². The van der Waals surface area contributed by atoms with E-state index in [2.05, 4.69) is 25.3 Å². The Bertz CT molecular complexity index is 1480. The third-order valence-electron chi connectivity index (χ3n) is 5.23. The fourth-order valence-electron chi connectivity index (χ4n) is 3.61. The summed E-state index contributed by atoms with van der Waals surface area (Å²) >= 11 is 0. The van der Waals surface area contributed by atoms with Crippen LogP contribution in [0.2, 0.25) is 0 Å². The fraction of sp³-hybridized carbons (Fsp3) is 0.130. The van der Waals surface area contributed by atoms with Crippen molar-refractivity contribution in [3.05, 3.63) is 84.7 Å². The summed E-state index contributed by atoms with van der Waals surface area (Å²) in [5, 5.41) is 3.48. The van der Waals surface area contributed by atoms with Crippen molar-refractivity contribution >= 4 is 33.9 Å². The van der Waals surface area contributed by atoms with Gasteiger partial charge in [0.25, 0.3) is 5.91 Å². The van der Waals surface area contributed by atoms with Gasteiger partial charge in [0, 0.05) is 47.3 Å². The lowest BCUT2D eigenvalue weighted by atomic mass is 10.1. The van der Waals surface area contributed by atoms with Crippen LogP contribution in [-0.2, 0) is 0 Å². The molecule has 5 heterocycles. The largest absolute Gasteiger partial charge is 0.329 e. The number of carbonyl (C=O) groups excluding carboxylic acids is 2. The number of aromatic nitrogens is 6. The zero-order chi connectivity index (χ0) is 22.2. The second kappa shape index (κ2) is 7.69. The molecule has 0 saturated heterocycles. The van der Waals surface area contributed by atoms with E-state index in [-0.39, 0.29) is 17.7 Å². The molecule has 9 heteroatoms. The van der Waals surface area contributed by atoms with E-state index < -0.39 is 0 Å². The van der Waals surface area contributed by atoms with Crippen LogP contribution in [0, 0.1) is 0 Å². The lowest BCUT2D eigenvalue weighted by molar-refractivity contribution is 0.102. The molecule has 158 valence electrons. The zero-order valence-electron chi connectivity index (χ0n) is 17.4. The van der Waals surface area contributed by atoms with Crippen molar-refractivity contribution in [2.45, 2.75) is 19.9 Å². The highest BCUT2D eigenvalue weighted by atomic mass is 16.1. The number of anilines is 1. The number of hydrogen-bond donors (Lipinski definition) is 1. The maximum absolute atomic E-state index is 13.3. The number of nitrogens with zero attached hydrogens (tertiary/aromatic N) is 6. The normalized spacial score (nSPS) is 11.3. The van der Waals surface area contributed by atoms with Gasteiger partial charge in [-0.05, 0) is 32.0 Å². The topological polar surface area (TPSA) is 107 Å². The quantitative estimate of drug-likeness (QED) is 0.432. The van der Waals surface area contributed by atoms with Crippen molar-refractivity contribution in [1.82, 2.24) is 28.9 Å².